The molecule has 168 valence electrons. The quantitative estimate of drug-likeness (QED) is 0.229. The van der Waals surface area contributed by atoms with Crippen molar-refractivity contribution in [1.29, 1.82) is 0 Å². The Morgan fingerprint density at radius 1 is 1.29 bits per heavy atom. The molecule has 1 aromatic carbocycles. The first-order valence-corrected chi connectivity index (χ1v) is 11.8. The molecular formula is C21H26N2O7S. The maximum atomic E-state index is 12.6. The zero-order valence-corrected chi connectivity index (χ0v) is 17.7. The number of nitro benzene ring substituents is 1. The molecule has 1 aromatic rings. The summed E-state index contributed by atoms with van der Waals surface area (Å²) in [6.45, 7) is 0. The third-order valence-electron chi connectivity index (χ3n) is 5.58. The maximum Gasteiger partial charge on any atom is 0.303 e. The SMILES string of the molecule is O=C(O)CCC/C=C/CC1C2CCC(O2)C1NS(=O)(=O)/C=C/c1cccc([N+](=O)[O-])c1. The Kier molecular flexibility index (Phi) is 7.58. The minimum atomic E-state index is -3.77. The molecule has 2 fully saturated rings. The van der Waals surface area contributed by atoms with Gasteiger partial charge in [0.2, 0.25) is 10.0 Å². The number of hydrogen-bond acceptors (Lipinski definition) is 6. The molecule has 0 aliphatic carbocycles. The minimum absolute atomic E-state index is 0.00196. The molecule has 10 heteroatoms. The maximum absolute atomic E-state index is 12.6. The third kappa shape index (κ3) is 6.46. The van der Waals surface area contributed by atoms with Crippen molar-refractivity contribution in [2.75, 3.05) is 0 Å². The number of aliphatic carboxylic acids is 1. The number of benzene rings is 1. The lowest BCUT2D eigenvalue weighted by molar-refractivity contribution is -0.384. The van der Waals surface area contributed by atoms with Gasteiger partial charge in [-0.05, 0) is 43.7 Å². The van der Waals surface area contributed by atoms with Crippen LogP contribution in [0.4, 0.5) is 5.69 Å². The molecule has 0 radical (unpaired) electrons. The number of carbonyl (C=O) groups is 1. The molecule has 2 aliphatic heterocycles. The summed E-state index contributed by atoms with van der Waals surface area (Å²) in [5.41, 5.74) is 0.314. The summed E-state index contributed by atoms with van der Waals surface area (Å²) in [6, 6.07) is 5.40. The molecular weight excluding hydrogens is 424 g/mol. The first-order chi connectivity index (χ1) is 14.7. The van der Waals surface area contributed by atoms with Crippen molar-refractivity contribution in [1.82, 2.24) is 4.72 Å². The normalized spacial score (nSPS) is 25.5. The highest BCUT2D eigenvalue weighted by Gasteiger charge is 2.49. The predicted molar refractivity (Wildman–Crippen MR) is 115 cm³/mol. The van der Waals surface area contributed by atoms with Gasteiger partial charge in [0.05, 0.1) is 23.2 Å². The summed E-state index contributed by atoms with van der Waals surface area (Å²) >= 11 is 0. The molecule has 0 saturated carbocycles. The molecule has 4 unspecified atom stereocenters. The fourth-order valence-corrected chi connectivity index (χ4v) is 5.24. The second-order valence-electron chi connectivity index (χ2n) is 7.79. The zero-order valence-electron chi connectivity index (χ0n) is 16.9. The van der Waals surface area contributed by atoms with Crippen molar-refractivity contribution in [2.45, 2.75) is 56.8 Å². The Bertz CT molecular complexity index is 974. The first kappa shape index (κ1) is 23.1. The van der Waals surface area contributed by atoms with Crippen LogP contribution in [0.5, 0.6) is 0 Å². The van der Waals surface area contributed by atoms with Gasteiger partial charge in [-0.15, -0.1) is 0 Å². The van der Waals surface area contributed by atoms with Crippen LogP contribution in [0.15, 0.2) is 41.8 Å². The average Bonchev–Trinajstić information content (AvgIpc) is 3.31. The Morgan fingerprint density at radius 2 is 2.06 bits per heavy atom. The summed E-state index contributed by atoms with van der Waals surface area (Å²) in [7, 11) is -3.77. The van der Waals surface area contributed by atoms with Gasteiger partial charge in [0.1, 0.15) is 0 Å². The van der Waals surface area contributed by atoms with E-state index in [1.807, 2.05) is 12.2 Å². The van der Waals surface area contributed by atoms with Crippen LogP contribution in [-0.2, 0) is 19.6 Å². The molecule has 3 rings (SSSR count). The van der Waals surface area contributed by atoms with Gasteiger partial charge < -0.3 is 9.84 Å². The number of nitrogens with zero attached hydrogens (tertiary/aromatic N) is 1. The molecule has 2 N–H and O–H groups in total. The number of nitrogens with one attached hydrogen (secondary N) is 1. The van der Waals surface area contributed by atoms with Gasteiger partial charge in [0, 0.05) is 29.9 Å². The van der Waals surface area contributed by atoms with Crippen LogP contribution in [0.2, 0.25) is 0 Å². The van der Waals surface area contributed by atoms with Crippen LogP contribution < -0.4 is 4.72 Å². The highest BCUT2D eigenvalue weighted by atomic mass is 32.2. The number of carboxylic acid groups (broad SMARTS) is 1. The van der Waals surface area contributed by atoms with Gasteiger partial charge in [0.25, 0.3) is 5.69 Å². The van der Waals surface area contributed by atoms with E-state index in [0.29, 0.717) is 24.8 Å². The first-order valence-electron chi connectivity index (χ1n) is 10.2. The third-order valence-corrected chi connectivity index (χ3v) is 6.68. The van der Waals surface area contributed by atoms with Gasteiger partial charge in [-0.25, -0.2) is 13.1 Å². The topological polar surface area (TPSA) is 136 Å². The van der Waals surface area contributed by atoms with Crippen LogP contribution in [0.25, 0.3) is 6.08 Å². The number of ether oxygens (including phenoxy) is 1. The monoisotopic (exact) mass is 450 g/mol. The van der Waals surface area contributed by atoms with Crippen molar-refractivity contribution in [3.8, 4) is 0 Å². The number of sulfonamides is 1. The number of hydrogen-bond donors (Lipinski definition) is 2. The Balaban J connectivity index is 1.61. The molecule has 0 spiro atoms. The minimum Gasteiger partial charge on any atom is -0.481 e. The molecule has 2 bridgehead atoms. The lowest BCUT2D eigenvalue weighted by atomic mass is 9.83. The largest absolute Gasteiger partial charge is 0.481 e. The molecule has 2 aliphatic rings. The van der Waals surface area contributed by atoms with E-state index in [2.05, 4.69) is 4.72 Å². The highest BCUT2D eigenvalue weighted by Crippen LogP contribution is 2.41. The van der Waals surface area contributed by atoms with Crippen LogP contribution in [0, 0.1) is 16.0 Å². The fourth-order valence-electron chi connectivity index (χ4n) is 4.12. The van der Waals surface area contributed by atoms with E-state index in [1.54, 1.807) is 6.07 Å². The number of carboxylic acids is 1. The number of rotatable bonds is 11. The molecule has 0 aromatic heterocycles. The molecule has 9 nitrogen and oxygen atoms in total. The fraction of sp³-hybridized carbons (Fsp3) is 0.476. The molecule has 31 heavy (non-hydrogen) atoms. The second-order valence-corrected chi connectivity index (χ2v) is 9.39. The predicted octanol–water partition coefficient (Wildman–Crippen LogP) is 3.23. The van der Waals surface area contributed by atoms with E-state index in [0.717, 1.165) is 18.2 Å². The van der Waals surface area contributed by atoms with Crippen molar-refractivity contribution < 1.29 is 28.0 Å². The lowest BCUT2D eigenvalue weighted by Crippen LogP contribution is -2.46. The Labute approximate surface area is 181 Å². The summed E-state index contributed by atoms with van der Waals surface area (Å²) in [5, 5.41) is 20.6. The smallest absolute Gasteiger partial charge is 0.303 e. The summed E-state index contributed by atoms with van der Waals surface area (Å²) < 4.78 is 33.9. The molecule has 2 heterocycles. The van der Waals surface area contributed by atoms with Gasteiger partial charge in [0.15, 0.2) is 0 Å². The van der Waals surface area contributed by atoms with E-state index >= 15 is 0 Å². The highest BCUT2D eigenvalue weighted by molar-refractivity contribution is 7.92. The second kappa shape index (κ2) is 10.2. The number of allylic oxidation sites excluding steroid dienone is 2. The number of fused-ring (bicyclic) bond motifs is 2. The van der Waals surface area contributed by atoms with Crippen LogP contribution in [0.1, 0.15) is 44.1 Å². The van der Waals surface area contributed by atoms with Crippen molar-refractivity contribution in [3.05, 3.63) is 57.5 Å². The van der Waals surface area contributed by atoms with Gasteiger partial charge in [-0.2, -0.15) is 0 Å². The van der Waals surface area contributed by atoms with Crippen LogP contribution >= 0.6 is 0 Å². The average molecular weight is 451 g/mol. The summed E-state index contributed by atoms with van der Waals surface area (Å²) in [4.78, 5) is 20.9. The van der Waals surface area contributed by atoms with E-state index in [1.165, 1.54) is 24.3 Å². The lowest BCUT2D eigenvalue weighted by Gasteiger charge is -2.27. The van der Waals surface area contributed by atoms with Gasteiger partial charge in [-0.3, -0.25) is 14.9 Å². The summed E-state index contributed by atoms with van der Waals surface area (Å²) in [5.74, 6) is -0.807. The Morgan fingerprint density at radius 3 is 2.81 bits per heavy atom. The van der Waals surface area contributed by atoms with E-state index < -0.39 is 20.9 Å². The number of nitro groups is 1. The van der Waals surface area contributed by atoms with E-state index in [9.17, 15) is 23.3 Å². The zero-order chi connectivity index (χ0) is 22.4. The van der Waals surface area contributed by atoms with Gasteiger partial charge in [-0.1, -0.05) is 24.3 Å². The van der Waals surface area contributed by atoms with E-state index in [4.69, 9.17) is 9.84 Å². The van der Waals surface area contributed by atoms with Crippen LogP contribution in [-0.4, -0.2) is 42.7 Å². The van der Waals surface area contributed by atoms with Crippen LogP contribution in [0.3, 0.4) is 0 Å². The number of non-ortho nitro benzene ring substituents is 1. The Hall–Kier alpha value is -2.56. The van der Waals surface area contributed by atoms with Crippen molar-refractivity contribution in [3.63, 3.8) is 0 Å². The molecule has 2 saturated heterocycles. The van der Waals surface area contributed by atoms with Crippen molar-refractivity contribution >= 4 is 27.8 Å². The van der Waals surface area contributed by atoms with E-state index in [-0.39, 0.29) is 36.3 Å². The summed E-state index contributed by atoms with van der Waals surface area (Å²) in [6.07, 6.45) is 8.76. The molecule has 4 atom stereocenters. The number of unbranched alkanes of at least 4 members (excludes halogenated alkanes) is 1. The van der Waals surface area contributed by atoms with Gasteiger partial charge >= 0.3 is 5.97 Å². The van der Waals surface area contributed by atoms with Crippen molar-refractivity contribution in [2.24, 2.45) is 5.92 Å². The molecule has 0 amide bonds. The standard InChI is InChI=1S/C21H26N2O7S/c24-20(25)9-4-2-1-3-8-17-18-10-11-19(30-18)21(17)22-31(28,29)13-12-15-6-5-7-16(14-15)23(26)27/h1,3,5-7,12-14,17-19,21-22H,2,4,8-11H2,(H,24,25)/b3-1+,13-12+.